The molecule has 0 saturated carbocycles. The number of aliphatic carboxylic acids is 1. The second-order valence-corrected chi connectivity index (χ2v) is 5.18. The Bertz CT molecular complexity index is 488. The maximum Gasteiger partial charge on any atom is 0.416 e. The molecule has 0 spiro atoms. The van der Waals surface area contributed by atoms with Crippen molar-refractivity contribution in [3.63, 3.8) is 0 Å². The number of rotatable bonds is 3. The van der Waals surface area contributed by atoms with Crippen molar-refractivity contribution in [3.05, 3.63) is 35.4 Å². The smallest absolute Gasteiger partial charge is 0.416 e. The molecule has 2 unspecified atom stereocenters. The molecule has 6 heteroatoms. The average Bonchev–Trinajstić information content (AvgIpc) is 2.37. The summed E-state index contributed by atoms with van der Waals surface area (Å²) in [5.41, 5.74) is -0.0437. The zero-order valence-electron chi connectivity index (χ0n) is 10.8. The molecule has 1 aliphatic heterocycles. The number of piperidine rings is 1. The van der Waals surface area contributed by atoms with Gasteiger partial charge < -0.3 is 10.4 Å². The van der Waals surface area contributed by atoms with Crippen molar-refractivity contribution >= 4 is 5.97 Å². The first kappa shape index (κ1) is 14.8. The van der Waals surface area contributed by atoms with Crippen molar-refractivity contribution in [2.75, 3.05) is 13.1 Å². The lowest BCUT2D eigenvalue weighted by atomic mass is 9.83. The molecule has 2 N–H and O–H groups in total. The summed E-state index contributed by atoms with van der Waals surface area (Å²) in [6, 6.07) is 5.29. The third-order valence-electron chi connectivity index (χ3n) is 3.59. The summed E-state index contributed by atoms with van der Waals surface area (Å²) in [6.45, 7) is 1.18. The van der Waals surface area contributed by atoms with E-state index in [9.17, 15) is 18.0 Å². The van der Waals surface area contributed by atoms with Crippen LogP contribution in [0.4, 0.5) is 13.2 Å². The molecule has 110 valence electrons. The van der Waals surface area contributed by atoms with E-state index < -0.39 is 17.7 Å². The number of halogens is 3. The van der Waals surface area contributed by atoms with E-state index >= 15 is 0 Å². The number of carboxylic acids is 1. The second-order valence-electron chi connectivity index (χ2n) is 5.18. The Balaban J connectivity index is 2.13. The molecule has 2 atom stereocenters. The Morgan fingerprint density at radius 2 is 2.10 bits per heavy atom. The number of hydrogen-bond donors (Lipinski definition) is 2. The van der Waals surface area contributed by atoms with Gasteiger partial charge in [-0.1, -0.05) is 18.2 Å². The van der Waals surface area contributed by atoms with Crippen LogP contribution in [0.1, 0.15) is 29.9 Å². The van der Waals surface area contributed by atoms with Gasteiger partial charge in [0.2, 0.25) is 0 Å². The van der Waals surface area contributed by atoms with E-state index in [1.54, 1.807) is 6.07 Å². The number of benzene rings is 1. The maximum absolute atomic E-state index is 12.7. The Kier molecular flexibility index (Phi) is 4.32. The molecule has 0 radical (unpaired) electrons. The standard InChI is InChI=1S/C14H16F3NO2/c15-14(16,17)12-3-1-2-10(6-12)11-4-9(5-13(19)20)7-18-8-11/h1-3,6,9,11,18H,4-5,7-8H2,(H,19,20). The van der Waals surface area contributed by atoms with E-state index in [-0.39, 0.29) is 18.3 Å². The SMILES string of the molecule is O=C(O)CC1CNCC(c2cccc(C(F)(F)F)c2)C1. The van der Waals surface area contributed by atoms with Gasteiger partial charge in [0, 0.05) is 13.0 Å². The Morgan fingerprint density at radius 1 is 1.35 bits per heavy atom. The van der Waals surface area contributed by atoms with Crippen LogP contribution in [0.3, 0.4) is 0 Å². The Morgan fingerprint density at radius 3 is 2.75 bits per heavy atom. The molecule has 1 saturated heterocycles. The molecule has 1 aromatic rings. The molecule has 0 aromatic heterocycles. The van der Waals surface area contributed by atoms with Crippen LogP contribution in [0.2, 0.25) is 0 Å². The van der Waals surface area contributed by atoms with Gasteiger partial charge in [0.05, 0.1) is 5.56 Å². The van der Waals surface area contributed by atoms with Crippen LogP contribution >= 0.6 is 0 Å². The van der Waals surface area contributed by atoms with Gasteiger partial charge in [-0.15, -0.1) is 0 Å². The monoisotopic (exact) mass is 287 g/mol. The van der Waals surface area contributed by atoms with Crippen LogP contribution in [0, 0.1) is 5.92 Å². The Labute approximate surface area is 114 Å². The second kappa shape index (κ2) is 5.83. The van der Waals surface area contributed by atoms with E-state index in [0.717, 1.165) is 12.1 Å². The molecule has 1 aliphatic rings. The summed E-state index contributed by atoms with van der Waals surface area (Å²) in [7, 11) is 0. The van der Waals surface area contributed by atoms with E-state index in [2.05, 4.69) is 5.32 Å². The number of nitrogens with one attached hydrogen (secondary N) is 1. The average molecular weight is 287 g/mol. The predicted octanol–water partition coefficient (Wildman–Crippen LogP) is 2.87. The normalized spacial score (nSPS) is 23.6. The minimum atomic E-state index is -4.35. The summed E-state index contributed by atoms with van der Waals surface area (Å²) in [4.78, 5) is 10.7. The molecule has 0 amide bonds. The highest BCUT2D eigenvalue weighted by Crippen LogP contribution is 2.33. The number of hydrogen-bond acceptors (Lipinski definition) is 2. The summed E-state index contributed by atoms with van der Waals surface area (Å²) in [5.74, 6) is -0.988. The van der Waals surface area contributed by atoms with Crippen molar-refractivity contribution in [1.29, 1.82) is 0 Å². The van der Waals surface area contributed by atoms with Crippen LogP contribution in [0.15, 0.2) is 24.3 Å². The first-order valence-electron chi connectivity index (χ1n) is 6.46. The van der Waals surface area contributed by atoms with Crippen LogP contribution in [-0.4, -0.2) is 24.2 Å². The summed E-state index contributed by atoms with van der Waals surface area (Å²) in [5, 5.41) is 11.9. The summed E-state index contributed by atoms with van der Waals surface area (Å²) < 4.78 is 38.1. The molecule has 1 fully saturated rings. The van der Waals surface area contributed by atoms with Crippen molar-refractivity contribution < 1.29 is 23.1 Å². The quantitative estimate of drug-likeness (QED) is 0.898. The van der Waals surface area contributed by atoms with E-state index in [0.29, 0.717) is 25.1 Å². The number of carbonyl (C=O) groups is 1. The highest BCUT2D eigenvalue weighted by molar-refractivity contribution is 5.67. The van der Waals surface area contributed by atoms with E-state index in [1.807, 2.05) is 0 Å². The highest BCUT2D eigenvalue weighted by atomic mass is 19.4. The van der Waals surface area contributed by atoms with Gasteiger partial charge in [-0.05, 0) is 36.4 Å². The molecule has 2 rings (SSSR count). The summed E-state index contributed by atoms with van der Waals surface area (Å²) in [6.07, 6.45) is -3.71. The molecule has 1 heterocycles. The lowest BCUT2D eigenvalue weighted by Gasteiger charge is -2.29. The highest BCUT2D eigenvalue weighted by Gasteiger charge is 2.32. The fourth-order valence-electron chi connectivity index (χ4n) is 2.66. The van der Waals surface area contributed by atoms with Crippen molar-refractivity contribution in [1.82, 2.24) is 5.32 Å². The third-order valence-corrected chi connectivity index (χ3v) is 3.59. The zero-order valence-corrected chi connectivity index (χ0v) is 10.8. The van der Waals surface area contributed by atoms with E-state index in [4.69, 9.17) is 5.11 Å². The Hall–Kier alpha value is -1.56. The molecule has 0 aliphatic carbocycles. The third kappa shape index (κ3) is 3.72. The molecular formula is C14H16F3NO2. The van der Waals surface area contributed by atoms with Crippen LogP contribution in [0.5, 0.6) is 0 Å². The molecule has 0 bridgehead atoms. The van der Waals surface area contributed by atoms with Gasteiger partial charge in [-0.3, -0.25) is 4.79 Å². The van der Waals surface area contributed by atoms with Crippen LogP contribution < -0.4 is 5.32 Å². The fourth-order valence-corrected chi connectivity index (χ4v) is 2.66. The van der Waals surface area contributed by atoms with Gasteiger partial charge in [0.25, 0.3) is 0 Å². The van der Waals surface area contributed by atoms with Crippen LogP contribution in [0.25, 0.3) is 0 Å². The lowest BCUT2D eigenvalue weighted by Crippen LogP contribution is -2.36. The number of carboxylic acid groups (broad SMARTS) is 1. The van der Waals surface area contributed by atoms with Gasteiger partial charge in [0.15, 0.2) is 0 Å². The van der Waals surface area contributed by atoms with Gasteiger partial charge >= 0.3 is 12.1 Å². The molecule has 20 heavy (non-hydrogen) atoms. The van der Waals surface area contributed by atoms with Crippen molar-refractivity contribution in [2.45, 2.75) is 24.9 Å². The minimum Gasteiger partial charge on any atom is -0.481 e. The maximum atomic E-state index is 12.7. The van der Waals surface area contributed by atoms with Gasteiger partial charge in [-0.2, -0.15) is 13.2 Å². The lowest BCUT2D eigenvalue weighted by molar-refractivity contribution is -0.138. The first-order valence-corrected chi connectivity index (χ1v) is 6.46. The largest absolute Gasteiger partial charge is 0.481 e. The van der Waals surface area contributed by atoms with Crippen LogP contribution in [-0.2, 0) is 11.0 Å². The van der Waals surface area contributed by atoms with E-state index in [1.165, 1.54) is 6.07 Å². The molecule has 1 aromatic carbocycles. The molecular weight excluding hydrogens is 271 g/mol. The topological polar surface area (TPSA) is 49.3 Å². The predicted molar refractivity (Wildman–Crippen MR) is 67.4 cm³/mol. The van der Waals surface area contributed by atoms with Gasteiger partial charge in [-0.25, -0.2) is 0 Å². The van der Waals surface area contributed by atoms with Crippen molar-refractivity contribution in [2.24, 2.45) is 5.92 Å². The molecule has 3 nitrogen and oxygen atoms in total. The zero-order chi connectivity index (χ0) is 14.8. The van der Waals surface area contributed by atoms with Gasteiger partial charge in [0.1, 0.15) is 0 Å². The number of alkyl halides is 3. The fraction of sp³-hybridized carbons (Fsp3) is 0.500. The van der Waals surface area contributed by atoms with Crippen molar-refractivity contribution in [3.8, 4) is 0 Å². The first-order chi connectivity index (χ1) is 9.36. The minimum absolute atomic E-state index is 0.0409. The summed E-state index contributed by atoms with van der Waals surface area (Å²) >= 11 is 0.